The molecular formula is C13H22N2O3. The van der Waals surface area contributed by atoms with Gasteiger partial charge in [-0.2, -0.15) is 0 Å². The summed E-state index contributed by atoms with van der Waals surface area (Å²) < 4.78 is 5.08. The Labute approximate surface area is 108 Å². The van der Waals surface area contributed by atoms with Crippen LogP contribution in [-0.2, 0) is 4.74 Å². The molecule has 2 rings (SSSR count). The van der Waals surface area contributed by atoms with E-state index in [1.807, 2.05) is 4.90 Å². The first-order chi connectivity index (χ1) is 8.74. The standard InChI is InChI=1S/C13H22N2O3/c1-18-8-7-12-14-9-11(16)13(17)15(12)10-5-3-2-4-6-10/h9-10,12,16-17H,2-8H2,1H3. The van der Waals surface area contributed by atoms with Crippen LogP contribution < -0.4 is 0 Å². The average Bonchev–Trinajstić information content (AvgIpc) is 2.41. The van der Waals surface area contributed by atoms with Gasteiger partial charge in [0.25, 0.3) is 0 Å². The first-order valence-electron chi connectivity index (χ1n) is 6.66. The fourth-order valence-electron chi connectivity index (χ4n) is 2.77. The molecule has 1 aliphatic heterocycles. The molecule has 18 heavy (non-hydrogen) atoms. The van der Waals surface area contributed by atoms with E-state index >= 15 is 0 Å². The topological polar surface area (TPSA) is 65.3 Å². The second kappa shape index (κ2) is 6.09. The number of rotatable bonds is 4. The smallest absolute Gasteiger partial charge is 0.234 e. The number of nitrogens with zero attached hydrogens (tertiary/aromatic N) is 2. The number of ether oxygens (including phenoxy) is 1. The van der Waals surface area contributed by atoms with E-state index in [9.17, 15) is 10.2 Å². The summed E-state index contributed by atoms with van der Waals surface area (Å²) in [4.78, 5) is 6.18. The molecule has 0 amide bonds. The van der Waals surface area contributed by atoms with Crippen LogP contribution in [0.4, 0.5) is 0 Å². The molecule has 1 aliphatic carbocycles. The summed E-state index contributed by atoms with van der Waals surface area (Å²) in [5.74, 6) is -0.160. The van der Waals surface area contributed by atoms with Gasteiger partial charge in [-0.15, -0.1) is 0 Å². The molecule has 0 aromatic heterocycles. The van der Waals surface area contributed by atoms with Crippen LogP contribution in [0.2, 0.25) is 0 Å². The van der Waals surface area contributed by atoms with Gasteiger partial charge in [0.05, 0.1) is 12.8 Å². The van der Waals surface area contributed by atoms with Crippen molar-refractivity contribution in [2.24, 2.45) is 4.99 Å². The Hall–Kier alpha value is -1.23. The van der Waals surface area contributed by atoms with Crippen molar-refractivity contribution in [3.05, 3.63) is 11.6 Å². The lowest BCUT2D eigenvalue weighted by molar-refractivity contribution is 0.0538. The van der Waals surface area contributed by atoms with E-state index in [0.29, 0.717) is 6.61 Å². The molecule has 1 fully saturated rings. The molecule has 5 nitrogen and oxygen atoms in total. The zero-order chi connectivity index (χ0) is 13.0. The maximum absolute atomic E-state index is 10.1. The van der Waals surface area contributed by atoms with Crippen molar-refractivity contribution in [3.8, 4) is 0 Å². The van der Waals surface area contributed by atoms with E-state index in [1.54, 1.807) is 7.11 Å². The second-order valence-electron chi connectivity index (χ2n) is 4.95. The van der Waals surface area contributed by atoms with Gasteiger partial charge in [0.2, 0.25) is 5.88 Å². The average molecular weight is 254 g/mol. The lowest BCUT2D eigenvalue weighted by atomic mass is 9.93. The molecule has 0 radical (unpaired) electrons. The van der Waals surface area contributed by atoms with Crippen molar-refractivity contribution in [2.75, 3.05) is 13.7 Å². The Bertz CT molecular complexity index is 335. The molecule has 2 aliphatic rings. The first kappa shape index (κ1) is 13.2. The van der Waals surface area contributed by atoms with Gasteiger partial charge in [0.15, 0.2) is 5.76 Å². The van der Waals surface area contributed by atoms with Crippen LogP contribution in [0.25, 0.3) is 0 Å². The van der Waals surface area contributed by atoms with E-state index in [1.165, 1.54) is 25.5 Å². The summed E-state index contributed by atoms with van der Waals surface area (Å²) in [6.07, 6.45) is 7.66. The van der Waals surface area contributed by atoms with Crippen molar-refractivity contribution < 1.29 is 14.9 Å². The predicted octanol–water partition coefficient (Wildman–Crippen LogP) is 2.35. The van der Waals surface area contributed by atoms with Gasteiger partial charge < -0.3 is 19.8 Å². The maximum atomic E-state index is 10.1. The summed E-state index contributed by atoms with van der Waals surface area (Å²) in [7, 11) is 1.66. The normalized spacial score (nSPS) is 25.8. The number of hydrogen-bond acceptors (Lipinski definition) is 5. The minimum Gasteiger partial charge on any atom is -0.502 e. The highest BCUT2D eigenvalue weighted by molar-refractivity contribution is 5.76. The third-order valence-electron chi connectivity index (χ3n) is 3.71. The Balaban J connectivity index is 2.11. The van der Waals surface area contributed by atoms with Gasteiger partial charge in [0.1, 0.15) is 6.17 Å². The lowest BCUT2D eigenvalue weighted by Crippen LogP contribution is -2.45. The van der Waals surface area contributed by atoms with Crippen LogP contribution in [0.15, 0.2) is 16.6 Å². The molecular weight excluding hydrogens is 232 g/mol. The van der Waals surface area contributed by atoms with Crippen molar-refractivity contribution in [3.63, 3.8) is 0 Å². The van der Waals surface area contributed by atoms with Gasteiger partial charge in [0, 0.05) is 19.6 Å². The van der Waals surface area contributed by atoms with Gasteiger partial charge >= 0.3 is 0 Å². The monoisotopic (exact) mass is 254 g/mol. The lowest BCUT2D eigenvalue weighted by Gasteiger charge is -2.40. The van der Waals surface area contributed by atoms with Crippen LogP contribution in [0, 0.1) is 0 Å². The Morgan fingerprint density at radius 3 is 2.72 bits per heavy atom. The Morgan fingerprint density at radius 1 is 1.33 bits per heavy atom. The third-order valence-corrected chi connectivity index (χ3v) is 3.71. The van der Waals surface area contributed by atoms with Crippen LogP contribution in [-0.4, -0.2) is 47.3 Å². The second-order valence-corrected chi connectivity index (χ2v) is 4.95. The Morgan fingerprint density at radius 2 is 2.06 bits per heavy atom. The molecule has 5 heteroatoms. The van der Waals surface area contributed by atoms with Crippen LogP contribution in [0.3, 0.4) is 0 Å². The summed E-state index contributed by atoms with van der Waals surface area (Å²) in [6.45, 7) is 0.596. The zero-order valence-corrected chi connectivity index (χ0v) is 10.9. The van der Waals surface area contributed by atoms with Gasteiger partial charge in [-0.1, -0.05) is 19.3 Å². The maximum Gasteiger partial charge on any atom is 0.234 e. The van der Waals surface area contributed by atoms with Crippen LogP contribution in [0.5, 0.6) is 0 Å². The van der Waals surface area contributed by atoms with Crippen LogP contribution in [0.1, 0.15) is 38.5 Å². The van der Waals surface area contributed by atoms with Gasteiger partial charge in [-0.05, 0) is 12.8 Å². The quantitative estimate of drug-likeness (QED) is 0.808. The van der Waals surface area contributed by atoms with Crippen molar-refractivity contribution >= 4 is 6.21 Å². The first-order valence-corrected chi connectivity index (χ1v) is 6.66. The molecule has 0 aromatic carbocycles. The van der Waals surface area contributed by atoms with Gasteiger partial charge in [-0.25, -0.2) is 0 Å². The fraction of sp³-hybridized carbons (Fsp3) is 0.769. The fourth-order valence-corrected chi connectivity index (χ4v) is 2.77. The van der Waals surface area contributed by atoms with E-state index in [4.69, 9.17) is 4.74 Å². The summed E-state index contributed by atoms with van der Waals surface area (Å²) in [5, 5.41) is 19.7. The zero-order valence-electron chi connectivity index (χ0n) is 10.9. The Kier molecular flexibility index (Phi) is 4.47. The molecule has 1 saturated carbocycles. The summed E-state index contributed by atoms with van der Waals surface area (Å²) in [5.41, 5.74) is 0. The van der Waals surface area contributed by atoms with E-state index in [2.05, 4.69) is 4.99 Å². The van der Waals surface area contributed by atoms with E-state index in [0.717, 1.165) is 19.3 Å². The SMILES string of the molecule is COCCC1N=CC(O)=C(O)N1C1CCCCC1. The summed E-state index contributed by atoms with van der Waals surface area (Å²) in [6, 6.07) is 0.278. The summed E-state index contributed by atoms with van der Waals surface area (Å²) >= 11 is 0. The van der Waals surface area contributed by atoms with Crippen LogP contribution >= 0.6 is 0 Å². The molecule has 1 unspecified atom stereocenters. The molecule has 102 valence electrons. The highest BCUT2D eigenvalue weighted by atomic mass is 16.5. The number of allylic oxidation sites excluding steroid dienone is 1. The highest BCUT2D eigenvalue weighted by Crippen LogP contribution is 2.30. The molecule has 0 saturated heterocycles. The number of methoxy groups -OCH3 is 1. The molecule has 0 spiro atoms. The molecule has 1 heterocycles. The van der Waals surface area contributed by atoms with Gasteiger partial charge in [-0.3, -0.25) is 4.99 Å². The van der Waals surface area contributed by atoms with Crippen molar-refractivity contribution in [2.45, 2.75) is 50.7 Å². The number of hydrogen-bond donors (Lipinski definition) is 2. The highest BCUT2D eigenvalue weighted by Gasteiger charge is 2.32. The minimum atomic E-state index is -0.130. The molecule has 0 bridgehead atoms. The van der Waals surface area contributed by atoms with Crippen molar-refractivity contribution in [1.82, 2.24) is 4.90 Å². The predicted molar refractivity (Wildman–Crippen MR) is 69.8 cm³/mol. The van der Waals surface area contributed by atoms with E-state index < -0.39 is 0 Å². The number of aliphatic hydroxyl groups excluding tert-OH is 2. The van der Waals surface area contributed by atoms with E-state index in [-0.39, 0.29) is 23.8 Å². The van der Waals surface area contributed by atoms with Crippen molar-refractivity contribution in [1.29, 1.82) is 0 Å². The largest absolute Gasteiger partial charge is 0.502 e. The molecule has 1 atom stereocenters. The third kappa shape index (κ3) is 2.77. The number of aliphatic imine (C=N–C) groups is 1. The molecule has 0 aromatic rings. The minimum absolute atomic E-state index is 0.0296. The number of aliphatic hydroxyl groups is 2. The molecule has 2 N–H and O–H groups in total.